The Bertz CT molecular complexity index is 907. The highest BCUT2D eigenvalue weighted by Gasteiger charge is 2.53. The number of ether oxygens (including phenoxy) is 2. The Morgan fingerprint density at radius 2 is 1.39 bits per heavy atom. The Balaban J connectivity index is 2.51. The van der Waals surface area contributed by atoms with Crippen LogP contribution >= 0.6 is 0 Å². The number of amides is 2. The second kappa shape index (κ2) is 8.28. The number of benzene rings is 1. The second-order valence-electron chi connectivity index (χ2n) is 9.80. The zero-order valence-electron chi connectivity index (χ0n) is 19.0. The van der Waals surface area contributed by atoms with Gasteiger partial charge in [0.05, 0.1) is 24.2 Å². The summed E-state index contributed by atoms with van der Waals surface area (Å²) < 4.78 is 90.9. The van der Waals surface area contributed by atoms with Gasteiger partial charge in [-0.25, -0.2) is 9.59 Å². The molecule has 1 aliphatic rings. The molecule has 0 radical (unpaired) electrons. The van der Waals surface area contributed by atoms with Crippen LogP contribution in [0.4, 0.5) is 35.9 Å². The summed E-state index contributed by atoms with van der Waals surface area (Å²) in [6.45, 7) is 8.45. The van der Waals surface area contributed by atoms with Gasteiger partial charge in [0, 0.05) is 0 Å². The first-order chi connectivity index (χ1) is 14.6. The Labute approximate surface area is 187 Å². The second-order valence-corrected chi connectivity index (χ2v) is 9.80. The third kappa shape index (κ3) is 6.67. The standard InChI is InChI=1S/C21H26F6N2O4/c1-17(2,3)32-15(30)28-19(10-29(11-19)16(31)33-18(4,5)6)13-8-7-12(20(22,23)24)9-14(13)21(25,26)27/h7-9H,10-11H2,1-6H3,(H,28,30). The molecule has 0 spiro atoms. The number of alkyl carbamates (subject to hydrolysis) is 1. The van der Waals surface area contributed by atoms with Crippen LogP contribution in [0.5, 0.6) is 0 Å². The third-order valence-corrected chi connectivity index (χ3v) is 4.48. The predicted octanol–water partition coefficient (Wildman–Crippen LogP) is 5.69. The molecular weight excluding hydrogens is 458 g/mol. The van der Waals surface area contributed by atoms with E-state index in [4.69, 9.17) is 9.47 Å². The molecule has 2 rings (SSSR count). The van der Waals surface area contributed by atoms with Crippen LogP contribution in [0.3, 0.4) is 0 Å². The Kier molecular flexibility index (Phi) is 6.67. The van der Waals surface area contributed by atoms with Gasteiger partial charge in [0.1, 0.15) is 16.7 Å². The van der Waals surface area contributed by atoms with E-state index in [1.807, 2.05) is 0 Å². The number of carbonyl (C=O) groups excluding carboxylic acids is 2. The summed E-state index contributed by atoms with van der Waals surface area (Å²) in [5.74, 6) is 0. The molecule has 1 aromatic rings. The van der Waals surface area contributed by atoms with Crippen molar-refractivity contribution in [2.45, 2.75) is 70.6 Å². The molecule has 2 amide bonds. The highest BCUT2D eigenvalue weighted by Crippen LogP contribution is 2.44. The average Bonchev–Trinajstić information content (AvgIpc) is 2.52. The largest absolute Gasteiger partial charge is 0.444 e. The van der Waals surface area contributed by atoms with Crippen LogP contribution in [0, 0.1) is 0 Å². The zero-order valence-corrected chi connectivity index (χ0v) is 19.0. The normalized spacial score (nSPS) is 16.7. The van der Waals surface area contributed by atoms with E-state index in [-0.39, 0.29) is 6.07 Å². The fourth-order valence-electron chi connectivity index (χ4n) is 3.25. The summed E-state index contributed by atoms with van der Waals surface area (Å²) in [7, 11) is 0. The first-order valence-electron chi connectivity index (χ1n) is 9.91. The average molecular weight is 484 g/mol. The van der Waals surface area contributed by atoms with Crippen LogP contribution in [-0.2, 0) is 27.4 Å². The Hall–Kier alpha value is -2.66. The fourth-order valence-corrected chi connectivity index (χ4v) is 3.25. The van der Waals surface area contributed by atoms with E-state index in [0.29, 0.717) is 12.1 Å². The van der Waals surface area contributed by atoms with Gasteiger partial charge in [-0.15, -0.1) is 0 Å². The van der Waals surface area contributed by atoms with E-state index in [0.717, 1.165) is 4.90 Å². The van der Waals surface area contributed by atoms with Gasteiger partial charge in [-0.3, -0.25) is 0 Å². The molecule has 0 atom stereocenters. The molecule has 186 valence electrons. The highest BCUT2D eigenvalue weighted by atomic mass is 19.4. The predicted molar refractivity (Wildman–Crippen MR) is 105 cm³/mol. The van der Waals surface area contributed by atoms with Gasteiger partial charge in [-0.2, -0.15) is 26.3 Å². The van der Waals surface area contributed by atoms with Crippen molar-refractivity contribution in [3.63, 3.8) is 0 Å². The molecule has 12 heteroatoms. The van der Waals surface area contributed by atoms with Gasteiger partial charge in [-0.1, -0.05) is 6.07 Å². The summed E-state index contributed by atoms with van der Waals surface area (Å²) in [5, 5.41) is 2.33. The quantitative estimate of drug-likeness (QED) is 0.548. The Morgan fingerprint density at radius 3 is 1.82 bits per heavy atom. The number of alkyl halides is 6. The van der Waals surface area contributed by atoms with Gasteiger partial charge >= 0.3 is 24.5 Å². The number of nitrogens with zero attached hydrogens (tertiary/aromatic N) is 1. The summed E-state index contributed by atoms with van der Waals surface area (Å²) in [6.07, 6.45) is -12.1. The van der Waals surface area contributed by atoms with E-state index in [1.165, 1.54) is 20.8 Å². The maximum atomic E-state index is 13.8. The van der Waals surface area contributed by atoms with Crippen LogP contribution in [0.15, 0.2) is 18.2 Å². The molecule has 0 saturated carbocycles. The van der Waals surface area contributed by atoms with Gasteiger partial charge in [0.15, 0.2) is 0 Å². The minimum absolute atomic E-state index is 0.00993. The monoisotopic (exact) mass is 484 g/mol. The molecule has 1 heterocycles. The summed E-state index contributed by atoms with van der Waals surface area (Å²) in [5.41, 5.74) is -7.40. The van der Waals surface area contributed by atoms with E-state index in [2.05, 4.69) is 5.32 Å². The van der Waals surface area contributed by atoms with Crippen molar-refractivity contribution in [2.24, 2.45) is 0 Å². The third-order valence-electron chi connectivity index (χ3n) is 4.48. The first-order valence-corrected chi connectivity index (χ1v) is 9.91. The lowest BCUT2D eigenvalue weighted by Crippen LogP contribution is -2.70. The maximum Gasteiger partial charge on any atom is 0.416 e. The van der Waals surface area contributed by atoms with Crippen molar-refractivity contribution in [1.82, 2.24) is 10.2 Å². The maximum absolute atomic E-state index is 13.8. The van der Waals surface area contributed by atoms with Crippen LogP contribution in [-0.4, -0.2) is 41.4 Å². The van der Waals surface area contributed by atoms with Crippen LogP contribution in [0.1, 0.15) is 58.2 Å². The molecule has 1 aliphatic heterocycles. The van der Waals surface area contributed by atoms with Gasteiger partial charge in [0.2, 0.25) is 0 Å². The van der Waals surface area contributed by atoms with E-state index >= 15 is 0 Å². The van der Waals surface area contributed by atoms with Crippen molar-refractivity contribution in [3.05, 3.63) is 34.9 Å². The zero-order chi connectivity index (χ0) is 25.6. The minimum atomic E-state index is -5.16. The number of nitrogens with one attached hydrogen (secondary N) is 1. The summed E-state index contributed by atoms with van der Waals surface area (Å²) in [4.78, 5) is 25.8. The number of carbonyl (C=O) groups is 2. The summed E-state index contributed by atoms with van der Waals surface area (Å²) in [6, 6.07) is 1.15. The topological polar surface area (TPSA) is 67.9 Å². The first kappa shape index (κ1) is 26.6. The van der Waals surface area contributed by atoms with Gasteiger partial charge in [-0.05, 0) is 59.2 Å². The lowest BCUT2D eigenvalue weighted by molar-refractivity contribution is -0.144. The minimum Gasteiger partial charge on any atom is -0.444 e. The number of hydrogen-bond acceptors (Lipinski definition) is 4. The highest BCUT2D eigenvalue weighted by molar-refractivity contribution is 5.74. The molecule has 1 aromatic carbocycles. The number of halogens is 6. The van der Waals surface area contributed by atoms with E-state index < -0.39 is 71.1 Å². The molecule has 0 aliphatic carbocycles. The van der Waals surface area contributed by atoms with Gasteiger partial charge in [0.25, 0.3) is 0 Å². The van der Waals surface area contributed by atoms with Crippen molar-refractivity contribution < 1.29 is 45.4 Å². The van der Waals surface area contributed by atoms with Crippen molar-refractivity contribution in [3.8, 4) is 0 Å². The summed E-state index contributed by atoms with van der Waals surface area (Å²) >= 11 is 0. The van der Waals surface area contributed by atoms with E-state index in [1.54, 1.807) is 20.8 Å². The molecule has 33 heavy (non-hydrogen) atoms. The lowest BCUT2D eigenvalue weighted by atomic mass is 9.79. The molecule has 0 unspecified atom stereocenters. The number of rotatable bonds is 2. The van der Waals surface area contributed by atoms with Crippen molar-refractivity contribution in [1.29, 1.82) is 0 Å². The molecule has 0 bridgehead atoms. The Morgan fingerprint density at radius 1 is 0.879 bits per heavy atom. The molecular formula is C21H26F6N2O4. The smallest absolute Gasteiger partial charge is 0.416 e. The van der Waals surface area contributed by atoms with Crippen LogP contribution in [0.2, 0.25) is 0 Å². The molecule has 0 aromatic heterocycles. The molecule has 6 nitrogen and oxygen atoms in total. The lowest BCUT2D eigenvalue weighted by Gasteiger charge is -2.51. The van der Waals surface area contributed by atoms with Crippen molar-refractivity contribution >= 4 is 12.2 Å². The molecule has 1 N–H and O–H groups in total. The molecule has 1 saturated heterocycles. The van der Waals surface area contributed by atoms with Gasteiger partial charge < -0.3 is 19.7 Å². The van der Waals surface area contributed by atoms with Crippen LogP contribution in [0.25, 0.3) is 0 Å². The van der Waals surface area contributed by atoms with Crippen molar-refractivity contribution in [2.75, 3.05) is 13.1 Å². The fraction of sp³-hybridized carbons (Fsp3) is 0.619. The molecule has 1 fully saturated rings. The van der Waals surface area contributed by atoms with Crippen LogP contribution < -0.4 is 5.32 Å². The number of likely N-dealkylation sites (tertiary alicyclic amines) is 1. The SMILES string of the molecule is CC(C)(C)OC(=O)NC1(c2ccc(C(F)(F)F)cc2C(F)(F)F)CN(C(=O)OC(C)(C)C)C1. The van der Waals surface area contributed by atoms with E-state index in [9.17, 15) is 35.9 Å². The number of hydrogen-bond donors (Lipinski definition) is 1.